The number of hydrogen-bond acceptors (Lipinski definition) is 2. The van der Waals surface area contributed by atoms with Gasteiger partial charge in [0, 0.05) is 23.0 Å². The molecule has 3 nitrogen and oxygen atoms in total. The van der Waals surface area contributed by atoms with Gasteiger partial charge >= 0.3 is 0 Å². The molecule has 0 heterocycles. The summed E-state index contributed by atoms with van der Waals surface area (Å²) in [6.45, 7) is 1.12. The standard InChI is InChI=1S/C12H14Br2FNO2/c1-18-7-8(13)4-5-16-12(17)10-3-2-9(15)6-11(10)14/h2-3,6,8H,4-5,7H2,1H3,(H,16,17). The monoisotopic (exact) mass is 381 g/mol. The highest BCUT2D eigenvalue weighted by atomic mass is 79.9. The lowest BCUT2D eigenvalue weighted by molar-refractivity contribution is 0.0951. The van der Waals surface area contributed by atoms with Crippen LogP contribution in [0.15, 0.2) is 22.7 Å². The lowest BCUT2D eigenvalue weighted by Crippen LogP contribution is -2.27. The van der Waals surface area contributed by atoms with Crippen LogP contribution in [0.3, 0.4) is 0 Å². The molecule has 1 amide bonds. The van der Waals surface area contributed by atoms with Gasteiger partial charge in [0.25, 0.3) is 5.91 Å². The highest BCUT2D eigenvalue weighted by Gasteiger charge is 2.11. The molecule has 0 aliphatic rings. The zero-order valence-corrected chi connectivity index (χ0v) is 13.1. The molecule has 1 rings (SSSR count). The summed E-state index contributed by atoms with van der Waals surface area (Å²) in [5.41, 5.74) is 0.425. The minimum atomic E-state index is -0.376. The lowest BCUT2D eigenvalue weighted by Gasteiger charge is -2.10. The Kier molecular flexibility index (Phi) is 6.81. The zero-order chi connectivity index (χ0) is 13.5. The number of amides is 1. The second-order valence-corrected chi connectivity index (χ2v) is 5.87. The third-order valence-corrected chi connectivity index (χ3v) is 3.64. The van der Waals surface area contributed by atoms with E-state index in [1.807, 2.05) is 0 Å². The largest absolute Gasteiger partial charge is 0.384 e. The van der Waals surface area contributed by atoms with Crippen LogP contribution in [-0.2, 0) is 4.74 Å². The first kappa shape index (κ1) is 15.6. The highest BCUT2D eigenvalue weighted by Crippen LogP contribution is 2.17. The smallest absolute Gasteiger partial charge is 0.252 e. The Bertz CT molecular complexity index is 415. The maximum Gasteiger partial charge on any atom is 0.252 e. The number of alkyl halides is 1. The molecule has 0 radical (unpaired) electrons. The van der Waals surface area contributed by atoms with E-state index in [2.05, 4.69) is 37.2 Å². The van der Waals surface area contributed by atoms with E-state index in [-0.39, 0.29) is 16.6 Å². The summed E-state index contributed by atoms with van der Waals surface area (Å²) in [6, 6.07) is 3.99. The molecule has 0 bridgehead atoms. The van der Waals surface area contributed by atoms with E-state index in [0.29, 0.717) is 23.2 Å². The van der Waals surface area contributed by atoms with E-state index in [4.69, 9.17) is 4.74 Å². The average Bonchev–Trinajstić information content (AvgIpc) is 2.29. The van der Waals surface area contributed by atoms with Crippen molar-refractivity contribution in [2.24, 2.45) is 0 Å². The Morgan fingerprint density at radius 2 is 2.28 bits per heavy atom. The van der Waals surface area contributed by atoms with Gasteiger partial charge in [-0.1, -0.05) is 15.9 Å². The molecule has 1 aromatic carbocycles. The number of nitrogens with one attached hydrogen (secondary N) is 1. The normalized spacial score (nSPS) is 12.2. The summed E-state index contributed by atoms with van der Waals surface area (Å²) < 4.78 is 18.3. The van der Waals surface area contributed by atoms with E-state index in [1.54, 1.807) is 7.11 Å². The first-order chi connectivity index (χ1) is 8.54. The van der Waals surface area contributed by atoms with Gasteiger partial charge in [0.1, 0.15) is 5.82 Å². The first-order valence-corrected chi connectivity index (χ1v) is 7.11. The molecule has 0 aromatic heterocycles. The predicted octanol–water partition coefficient (Wildman–Crippen LogP) is 3.12. The van der Waals surface area contributed by atoms with Crippen molar-refractivity contribution in [2.75, 3.05) is 20.3 Å². The zero-order valence-electron chi connectivity index (χ0n) is 9.88. The van der Waals surface area contributed by atoms with Gasteiger partial charge < -0.3 is 10.1 Å². The molecule has 1 N–H and O–H groups in total. The predicted molar refractivity (Wildman–Crippen MR) is 75.6 cm³/mol. The first-order valence-electron chi connectivity index (χ1n) is 5.41. The number of carbonyl (C=O) groups is 1. The van der Waals surface area contributed by atoms with Gasteiger partial charge in [-0.05, 0) is 40.5 Å². The fraction of sp³-hybridized carbons (Fsp3) is 0.417. The summed E-state index contributed by atoms with van der Waals surface area (Å²) in [5.74, 6) is -0.599. The van der Waals surface area contributed by atoms with Crippen LogP contribution < -0.4 is 5.32 Å². The number of benzene rings is 1. The van der Waals surface area contributed by atoms with Gasteiger partial charge in [-0.2, -0.15) is 0 Å². The second kappa shape index (κ2) is 7.86. The molecule has 0 spiro atoms. The third-order valence-electron chi connectivity index (χ3n) is 2.27. The second-order valence-electron chi connectivity index (χ2n) is 3.72. The molecule has 1 aromatic rings. The lowest BCUT2D eigenvalue weighted by atomic mass is 10.2. The molecule has 0 aliphatic heterocycles. The Morgan fingerprint density at radius 1 is 1.56 bits per heavy atom. The van der Waals surface area contributed by atoms with E-state index in [1.165, 1.54) is 18.2 Å². The van der Waals surface area contributed by atoms with Crippen molar-refractivity contribution in [3.05, 3.63) is 34.1 Å². The minimum Gasteiger partial charge on any atom is -0.384 e. The fourth-order valence-corrected chi connectivity index (χ4v) is 2.40. The Morgan fingerprint density at radius 3 is 2.89 bits per heavy atom. The highest BCUT2D eigenvalue weighted by molar-refractivity contribution is 9.10. The number of methoxy groups -OCH3 is 1. The number of rotatable bonds is 6. The van der Waals surface area contributed by atoms with Gasteiger partial charge in [0.15, 0.2) is 0 Å². The minimum absolute atomic E-state index is 0.208. The Labute approximate surface area is 122 Å². The molecule has 18 heavy (non-hydrogen) atoms. The van der Waals surface area contributed by atoms with E-state index in [9.17, 15) is 9.18 Å². The van der Waals surface area contributed by atoms with Crippen LogP contribution in [0.1, 0.15) is 16.8 Å². The van der Waals surface area contributed by atoms with Gasteiger partial charge in [-0.15, -0.1) is 0 Å². The maximum atomic E-state index is 12.9. The number of hydrogen-bond donors (Lipinski definition) is 1. The quantitative estimate of drug-likeness (QED) is 0.767. The SMILES string of the molecule is COCC(Br)CCNC(=O)c1ccc(F)cc1Br. The molecular formula is C12H14Br2FNO2. The number of carbonyl (C=O) groups excluding carboxylic acids is 1. The van der Waals surface area contributed by atoms with Crippen molar-refractivity contribution in [1.82, 2.24) is 5.32 Å². The summed E-state index contributed by atoms with van der Waals surface area (Å²) in [5, 5.41) is 2.77. The van der Waals surface area contributed by atoms with Crippen LogP contribution >= 0.6 is 31.9 Å². The van der Waals surface area contributed by atoms with Crippen LogP contribution in [0.2, 0.25) is 0 Å². The van der Waals surface area contributed by atoms with Crippen LogP contribution in [0, 0.1) is 5.82 Å². The molecule has 0 saturated carbocycles. The van der Waals surface area contributed by atoms with E-state index in [0.717, 1.165) is 6.42 Å². The molecule has 1 atom stereocenters. The summed E-state index contributed by atoms with van der Waals surface area (Å²) in [6.07, 6.45) is 0.762. The number of halogens is 3. The van der Waals surface area contributed by atoms with Crippen molar-refractivity contribution in [2.45, 2.75) is 11.2 Å². The fourth-order valence-electron chi connectivity index (χ4n) is 1.38. The molecule has 100 valence electrons. The summed E-state index contributed by atoms with van der Waals surface area (Å²) >= 11 is 6.60. The topological polar surface area (TPSA) is 38.3 Å². The summed E-state index contributed by atoms with van der Waals surface area (Å²) in [7, 11) is 1.63. The molecule has 0 saturated heterocycles. The van der Waals surface area contributed by atoms with Crippen LogP contribution in [0.4, 0.5) is 4.39 Å². The maximum absolute atomic E-state index is 12.9. The molecule has 6 heteroatoms. The van der Waals surface area contributed by atoms with Crippen molar-refractivity contribution in [3.8, 4) is 0 Å². The van der Waals surface area contributed by atoms with Gasteiger partial charge in [-0.25, -0.2) is 4.39 Å². The van der Waals surface area contributed by atoms with Crippen LogP contribution in [-0.4, -0.2) is 31.0 Å². The molecule has 0 fully saturated rings. The molecular weight excluding hydrogens is 369 g/mol. The third kappa shape index (κ3) is 5.04. The number of ether oxygens (including phenoxy) is 1. The Balaban J connectivity index is 2.45. The van der Waals surface area contributed by atoms with Crippen molar-refractivity contribution in [3.63, 3.8) is 0 Å². The van der Waals surface area contributed by atoms with E-state index < -0.39 is 0 Å². The molecule has 1 unspecified atom stereocenters. The average molecular weight is 383 g/mol. The molecule has 0 aliphatic carbocycles. The van der Waals surface area contributed by atoms with Crippen molar-refractivity contribution in [1.29, 1.82) is 0 Å². The van der Waals surface area contributed by atoms with E-state index >= 15 is 0 Å². The van der Waals surface area contributed by atoms with Gasteiger partial charge in [0.2, 0.25) is 0 Å². The van der Waals surface area contributed by atoms with Crippen LogP contribution in [0.5, 0.6) is 0 Å². The van der Waals surface area contributed by atoms with Crippen molar-refractivity contribution >= 4 is 37.8 Å². The van der Waals surface area contributed by atoms with Crippen molar-refractivity contribution < 1.29 is 13.9 Å². The van der Waals surface area contributed by atoms with Crippen LogP contribution in [0.25, 0.3) is 0 Å². The van der Waals surface area contributed by atoms with Gasteiger partial charge in [0.05, 0.1) is 12.2 Å². The van der Waals surface area contributed by atoms with Gasteiger partial charge in [-0.3, -0.25) is 4.79 Å². The Hall–Kier alpha value is -0.460. The summed E-state index contributed by atoms with van der Waals surface area (Å²) in [4.78, 5) is 12.0.